The van der Waals surface area contributed by atoms with E-state index in [1.807, 2.05) is 17.9 Å². The highest BCUT2D eigenvalue weighted by atomic mass is 15.3. The number of nitrogens with zero attached hydrogens (tertiary/aromatic N) is 3. The number of hydrogen-bond donors (Lipinski definition) is 1. The van der Waals surface area contributed by atoms with Crippen LogP contribution in [0.15, 0.2) is 12.3 Å². The molecular weight excluding hydrogens is 224 g/mol. The molecule has 1 N–H and O–H groups in total. The molecule has 4 heteroatoms. The van der Waals surface area contributed by atoms with E-state index in [4.69, 9.17) is 0 Å². The second-order valence-electron chi connectivity index (χ2n) is 5.45. The van der Waals surface area contributed by atoms with Crippen LogP contribution in [0.5, 0.6) is 0 Å². The van der Waals surface area contributed by atoms with Gasteiger partial charge in [-0.2, -0.15) is 5.10 Å². The molecule has 0 amide bonds. The molecule has 1 aliphatic heterocycles. The molecule has 102 valence electrons. The zero-order chi connectivity index (χ0) is 13.0. The standard InChI is InChI=1S/C14H26N4/c1-4-18-8-5-6-13(11-18)12(2)15-10-14-7-9-17(3)16-14/h7,9,12-13,15H,4-6,8,10-11H2,1-3H3. The van der Waals surface area contributed by atoms with Gasteiger partial charge in [-0.3, -0.25) is 4.68 Å². The van der Waals surface area contributed by atoms with Crippen LogP contribution in [-0.4, -0.2) is 40.4 Å². The second kappa shape index (κ2) is 6.34. The Hall–Kier alpha value is -0.870. The predicted molar refractivity (Wildman–Crippen MR) is 74.3 cm³/mol. The minimum absolute atomic E-state index is 0.571. The molecule has 1 fully saturated rings. The number of nitrogens with one attached hydrogen (secondary N) is 1. The topological polar surface area (TPSA) is 33.1 Å². The number of rotatable bonds is 5. The van der Waals surface area contributed by atoms with Gasteiger partial charge in [-0.15, -0.1) is 0 Å². The molecule has 1 aromatic rings. The molecule has 1 aromatic heterocycles. The molecule has 0 aliphatic carbocycles. The summed E-state index contributed by atoms with van der Waals surface area (Å²) in [5.41, 5.74) is 1.13. The minimum atomic E-state index is 0.571. The van der Waals surface area contributed by atoms with Gasteiger partial charge in [0.2, 0.25) is 0 Å². The van der Waals surface area contributed by atoms with E-state index in [0.29, 0.717) is 6.04 Å². The van der Waals surface area contributed by atoms with E-state index in [2.05, 4.69) is 35.2 Å². The van der Waals surface area contributed by atoms with E-state index in [9.17, 15) is 0 Å². The van der Waals surface area contributed by atoms with Gasteiger partial charge in [0.05, 0.1) is 5.69 Å². The van der Waals surface area contributed by atoms with Crippen molar-refractivity contribution in [3.8, 4) is 0 Å². The van der Waals surface area contributed by atoms with Crippen molar-refractivity contribution in [2.24, 2.45) is 13.0 Å². The number of aryl methyl sites for hydroxylation is 1. The summed E-state index contributed by atoms with van der Waals surface area (Å²) in [6, 6.07) is 2.65. The van der Waals surface area contributed by atoms with E-state index in [1.165, 1.54) is 32.5 Å². The zero-order valence-electron chi connectivity index (χ0n) is 11.9. The lowest BCUT2D eigenvalue weighted by molar-refractivity contribution is 0.156. The Morgan fingerprint density at radius 2 is 2.39 bits per heavy atom. The molecule has 4 nitrogen and oxygen atoms in total. The third-order valence-corrected chi connectivity index (χ3v) is 4.07. The predicted octanol–water partition coefficient (Wildman–Crippen LogP) is 1.63. The van der Waals surface area contributed by atoms with Crippen molar-refractivity contribution in [2.45, 2.75) is 39.3 Å². The first-order valence-electron chi connectivity index (χ1n) is 7.13. The normalized spacial score (nSPS) is 23.2. The Morgan fingerprint density at radius 3 is 3.06 bits per heavy atom. The highest BCUT2D eigenvalue weighted by Crippen LogP contribution is 2.19. The second-order valence-corrected chi connectivity index (χ2v) is 5.45. The van der Waals surface area contributed by atoms with Gasteiger partial charge in [0.25, 0.3) is 0 Å². The molecular formula is C14H26N4. The number of aromatic nitrogens is 2. The SMILES string of the molecule is CCN1CCCC(C(C)NCc2ccn(C)n2)C1. The lowest BCUT2D eigenvalue weighted by atomic mass is 9.91. The zero-order valence-corrected chi connectivity index (χ0v) is 11.9. The molecule has 0 radical (unpaired) electrons. The highest BCUT2D eigenvalue weighted by Gasteiger charge is 2.23. The fourth-order valence-electron chi connectivity index (χ4n) is 2.78. The van der Waals surface area contributed by atoms with E-state index in [0.717, 1.165) is 18.2 Å². The summed E-state index contributed by atoms with van der Waals surface area (Å²) in [4.78, 5) is 2.56. The lowest BCUT2D eigenvalue weighted by Crippen LogP contribution is -2.44. The number of hydrogen-bond acceptors (Lipinski definition) is 3. The van der Waals surface area contributed by atoms with Gasteiger partial charge < -0.3 is 10.2 Å². The average Bonchev–Trinajstić information content (AvgIpc) is 2.82. The quantitative estimate of drug-likeness (QED) is 0.862. The van der Waals surface area contributed by atoms with Crippen molar-refractivity contribution >= 4 is 0 Å². The van der Waals surface area contributed by atoms with Crippen molar-refractivity contribution in [1.29, 1.82) is 0 Å². The van der Waals surface area contributed by atoms with Gasteiger partial charge in [-0.1, -0.05) is 6.92 Å². The Bertz CT molecular complexity index is 360. The van der Waals surface area contributed by atoms with E-state index >= 15 is 0 Å². The van der Waals surface area contributed by atoms with Crippen LogP contribution in [0.3, 0.4) is 0 Å². The van der Waals surface area contributed by atoms with Crippen LogP contribution in [0.4, 0.5) is 0 Å². The average molecular weight is 250 g/mol. The van der Waals surface area contributed by atoms with Gasteiger partial charge >= 0.3 is 0 Å². The lowest BCUT2D eigenvalue weighted by Gasteiger charge is -2.35. The van der Waals surface area contributed by atoms with Gasteiger partial charge in [0, 0.05) is 32.4 Å². The third kappa shape index (κ3) is 3.56. The van der Waals surface area contributed by atoms with Gasteiger partial charge in [0.1, 0.15) is 0 Å². The Labute approximate surface area is 110 Å². The van der Waals surface area contributed by atoms with Crippen LogP contribution < -0.4 is 5.32 Å². The first-order valence-corrected chi connectivity index (χ1v) is 7.13. The largest absolute Gasteiger partial charge is 0.308 e. The van der Waals surface area contributed by atoms with Crippen LogP contribution >= 0.6 is 0 Å². The molecule has 18 heavy (non-hydrogen) atoms. The maximum Gasteiger partial charge on any atom is 0.0762 e. The molecule has 2 atom stereocenters. The molecule has 1 aliphatic rings. The van der Waals surface area contributed by atoms with Crippen molar-refractivity contribution in [1.82, 2.24) is 20.0 Å². The Balaban J connectivity index is 1.78. The Kier molecular flexibility index (Phi) is 4.78. The van der Waals surface area contributed by atoms with Crippen LogP contribution in [0.1, 0.15) is 32.4 Å². The van der Waals surface area contributed by atoms with Crippen molar-refractivity contribution < 1.29 is 0 Å². The minimum Gasteiger partial charge on any atom is -0.308 e. The fraction of sp³-hybridized carbons (Fsp3) is 0.786. The van der Waals surface area contributed by atoms with Crippen molar-refractivity contribution in [2.75, 3.05) is 19.6 Å². The van der Waals surface area contributed by atoms with Crippen LogP contribution in [0, 0.1) is 5.92 Å². The molecule has 2 rings (SSSR count). The molecule has 0 aromatic carbocycles. The van der Waals surface area contributed by atoms with E-state index in [-0.39, 0.29) is 0 Å². The van der Waals surface area contributed by atoms with Crippen molar-refractivity contribution in [3.05, 3.63) is 18.0 Å². The van der Waals surface area contributed by atoms with Gasteiger partial charge in [-0.25, -0.2) is 0 Å². The molecule has 2 heterocycles. The Morgan fingerprint density at radius 1 is 1.56 bits per heavy atom. The van der Waals surface area contributed by atoms with Gasteiger partial charge in [0.15, 0.2) is 0 Å². The van der Waals surface area contributed by atoms with Crippen LogP contribution in [0.25, 0.3) is 0 Å². The molecule has 2 unspecified atom stereocenters. The number of piperidine rings is 1. The molecule has 0 saturated carbocycles. The smallest absolute Gasteiger partial charge is 0.0762 e. The molecule has 0 spiro atoms. The fourth-order valence-corrected chi connectivity index (χ4v) is 2.78. The number of likely N-dealkylation sites (tertiary alicyclic amines) is 1. The van der Waals surface area contributed by atoms with Crippen LogP contribution in [-0.2, 0) is 13.6 Å². The summed E-state index contributed by atoms with van der Waals surface area (Å²) in [5.74, 6) is 0.780. The van der Waals surface area contributed by atoms with Gasteiger partial charge in [-0.05, 0) is 44.8 Å². The molecule has 1 saturated heterocycles. The summed E-state index contributed by atoms with van der Waals surface area (Å²) in [6.45, 7) is 9.15. The van der Waals surface area contributed by atoms with Crippen LogP contribution in [0.2, 0.25) is 0 Å². The maximum atomic E-state index is 4.40. The molecule has 0 bridgehead atoms. The van der Waals surface area contributed by atoms with E-state index in [1.54, 1.807) is 0 Å². The summed E-state index contributed by atoms with van der Waals surface area (Å²) in [7, 11) is 1.97. The third-order valence-electron chi connectivity index (χ3n) is 4.07. The first-order chi connectivity index (χ1) is 8.69. The monoisotopic (exact) mass is 250 g/mol. The van der Waals surface area contributed by atoms with E-state index < -0.39 is 0 Å². The summed E-state index contributed by atoms with van der Waals surface area (Å²) in [6.07, 6.45) is 4.70. The summed E-state index contributed by atoms with van der Waals surface area (Å²) in [5, 5.41) is 8.03. The summed E-state index contributed by atoms with van der Waals surface area (Å²) >= 11 is 0. The van der Waals surface area contributed by atoms with Crippen molar-refractivity contribution in [3.63, 3.8) is 0 Å². The maximum absolute atomic E-state index is 4.40. The first kappa shape index (κ1) is 13.6. The highest BCUT2D eigenvalue weighted by molar-refractivity contribution is 4.98. The summed E-state index contributed by atoms with van der Waals surface area (Å²) < 4.78 is 1.86.